The molecule has 3 aliphatic carbocycles. The van der Waals surface area contributed by atoms with Crippen LogP contribution in [0.25, 0.3) is 10.9 Å². The highest BCUT2D eigenvalue weighted by Gasteiger charge is 2.60. The van der Waals surface area contributed by atoms with Crippen LogP contribution in [-0.4, -0.2) is 51.3 Å². The summed E-state index contributed by atoms with van der Waals surface area (Å²) in [5.74, 6) is 1.29. The van der Waals surface area contributed by atoms with E-state index in [0.717, 1.165) is 19.3 Å². The Labute approximate surface area is 211 Å². The molecule has 4 fully saturated rings. The third-order valence-corrected chi connectivity index (χ3v) is 9.67. The first-order valence-corrected chi connectivity index (χ1v) is 13.5. The number of carbonyl (C=O) groups is 1. The van der Waals surface area contributed by atoms with Crippen molar-refractivity contribution in [3.8, 4) is 0 Å². The van der Waals surface area contributed by atoms with Crippen LogP contribution in [0.3, 0.4) is 0 Å². The van der Waals surface area contributed by atoms with Crippen molar-refractivity contribution >= 4 is 34.4 Å². The van der Waals surface area contributed by atoms with E-state index in [0.29, 0.717) is 59.1 Å². The normalized spacial score (nSPS) is 29.4. The molecule has 0 N–H and O–H groups in total. The van der Waals surface area contributed by atoms with E-state index in [4.69, 9.17) is 0 Å². The number of hydrogen-bond donors (Lipinski definition) is 0. The zero-order chi connectivity index (χ0) is 25.6. The number of nitrogens with zero attached hydrogens (tertiary/aromatic N) is 4. The topological polar surface area (TPSA) is 58.4 Å². The van der Waals surface area contributed by atoms with Gasteiger partial charge in [0, 0.05) is 42.0 Å². The zero-order valence-corrected chi connectivity index (χ0v) is 21.2. The number of carbonyl (C=O) groups excluding carboxylic acids is 1. The van der Waals surface area contributed by atoms with Crippen LogP contribution in [0.4, 0.5) is 19.0 Å². The third kappa shape index (κ3) is 3.35. The summed E-state index contributed by atoms with van der Waals surface area (Å²) in [6, 6.07) is 0.824. The summed E-state index contributed by atoms with van der Waals surface area (Å²) in [7, 11) is 0. The smallest absolute Gasteiger partial charge is 0.352 e. The maximum absolute atomic E-state index is 14.6. The highest BCUT2D eigenvalue weighted by molar-refractivity contribution is 7.99. The fourth-order valence-corrected chi connectivity index (χ4v) is 8.25. The van der Waals surface area contributed by atoms with Gasteiger partial charge in [0.05, 0.1) is 11.1 Å². The van der Waals surface area contributed by atoms with Crippen molar-refractivity contribution in [3.63, 3.8) is 0 Å². The van der Waals surface area contributed by atoms with E-state index in [1.54, 1.807) is 9.47 Å². The molecule has 192 valence electrons. The Kier molecular flexibility index (Phi) is 5.31. The van der Waals surface area contributed by atoms with Crippen LogP contribution in [0, 0.1) is 5.92 Å². The number of amides is 1. The molecule has 2 aliphatic heterocycles. The van der Waals surface area contributed by atoms with Crippen LogP contribution < -0.4 is 10.6 Å². The number of halogens is 3. The molecule has 0 spiro atoms. The number of alkyl halides is 3. The van der Waals surface area contributed by atoms with Crippen LogP contribution in [0.5, 0.6) is 0 Å². The van der Waals surface area contributed by atoms with Crippen molar-refractivity contribution < 1.29 is 18.0 Å². The van der Waals surface area contributed by atoms with Crippen LogP contribution in [0.2, 0.25) is 0 Å². The first-order valence-electron chi connectivity index (χ1n) is 12.6. The molecule has 6 nitrogen and oxygen atoms in total. The molecule has 1 aromatic carbocycles. The number of piperazine rings is 1. The van der Waals surface area contributed by atoms with Crippen LogP contribution in [-0.2, 0) is 22.9 Å². The lowest BCUT2D eigenvalue weighted by Gasteiger charge is -2.63. The quantitative estimate of drug-likeness (QED) is 0.557. The predicted molar refractivity (Wildman–Crippen MR) is 134 cm³/mol. The number of rotatable bonds is 3. The van der Waals surface area contributed by atoms with Gasteiger partial charge in [-0.15, -0.1) is 11.8 Å². The Balaban J connectivity index is 1.58. The Morgan fingerprint density at radius 1 is 1.22 bits per heavy atom. The third-order valence-electron chi connectivity index (χ3n) is 8.49. The molecule has 0 radical (unpaired) electrons. The Morgan fingerprint density at radius 3 is 2.44 bits per heavy atom. The van der Waals surface area contributed by atoms with Gasteiger partial charge in [0.15, 0.2) is 0 Å². The second-order valence-electron chi connectivity index (χ2n) is 10.9. The molecule has 2 unspecified atom stereocenters. The van der Waals surface area contributed by atoms with Gasteiger partial charge >= 0.3 is 11.9 Å². The van der Waals surface area contributed by atoms with Gasteiger partial charge in [0.25, 0.3) is 0 Å². The number of anilines is 1. The summed E-state index contributed by atoms with van der Waals surface area (Å²) in [5, 5.41) is 0.379. The van der Waals surface area contributed by atoms with Gasteiger partial charge in [-0.3, -0.25) is 9.36 Å². The van der Waals surface area contributed by atoms with Crippen molar-refractivity contribution in [1.82, 2.24) is 14.5 Å². The SMILES string of the molecule is C=CC(=O)N1C(C)CN(c2nc(=O)n3c4c(c(C56CC(C5)C6)c(C(F)(F)F)cc24)SCCC3)CC1C. The molecule has 1 aromatic heterocycles. The van der Waals surface area contributed by atoms with Gasteiger partial charge in [-0.2, -0.15) is 18.2 Å². The van der Waals surface area contributed by atoms with Crippen molar-refractivity contribution in [2.75, 3.05) is 23.7 Å². The Bertz CT molecular complexity index is 1320. The summed E-state index contributed by atoms with van der Waals surface area (Å²) >= 11 is 1.46. The lowest BCUT2D eigenvalue weighted by atomic mass is 9.42. The molecule has 2 atom stereocenters. The second-order valence-corrected chi connectivity index (χ2v) is 12.0. The molecule has 3 heterocycles. The highest BCUT2D eigenvalue weighted by atomic mass is 32.2. The summed E-state index contributed by atoms with van der Waals surface area (Å²) in [6.45, 7) is 8.55. The van der Waals surface area contributed by atoms with E-state index in [9.17, 15) is 22.8 Å². The first kappa shape index (κ1) is 23.9. The lowest BCUT2D eigenvalue weighted by Crippen LogP contribution is -2.58. The fourth-order valence-electron chi connectivity index (χ4n) is 6.95. The fraction of sp³-hybridized carbons (Fsp3) is 0.577. The molecule has 10 heteroatoms. The minimum atomic E-state index is -4.50. The van der Waals surface area contributed by atoms with Crippen LogP contribution in [0.1, 0.15) is 50.7 Å². The monoisotopic (exact) mass is 518 g/mol. The van der Waals surface area contributed by atoms with E-state index in [1.807, 2.05) is 18.7 Å². The van der Waals surface area contributed by atoms with E-state index in [-0.39, 0.29) is 23.8 Å². The maximum Gasteiger partial charge on any atom is 0.416 e. The van der Waals surface area contributed by atoms with Gasteiger partial charge in [0.1, 0.15) is 5.82 Å². The molecule has 2 bridgehead atoms. The van der Waals surface area contributed by atoms with E-state index in [1.165, 1.54) is 23.9 Å². The second kappa shape index (κ2) is 8.00. The highest BCUT2D eigenvalue weighted by Crippen LogP contribution is 2.68. The molecule has 1 saturated heterocycles. The van der Waals surface area contributed by atoms with E-state index < -0.39 is 22.8 Å². The van der Waals surface area contributed by atoms with Gasteiger partial charge in [-0.1, -0.05) is 6.58 Å². The van der Waals surface area contributed by atoms with Crippen molar-refractivity contribution in [2.45, 2.75) is 74.6 Å². The standard InChI is InChI=1S/C26H29F3N4O2S/c1-4-19(34)33-14(2)12-31(13-15(33)3)23-17-8-18(26(27,28)29)20(25-9-16(10-25)11-25)22-21(17)32(24(35)30-23)6-5-7-36-22/h4,8,14-16H,1,5-7,9-13H2,2-3H3. The molecule has 2 aromatic rings. The minimum absolute atomic E-state index is 0.185. The van der Waals surface area contributed by atoms with Gasteiger partial charge < -0.3 is 9.80 Å². The largest absolute Gasteiger partial charge is 0.416 e. The number of thioether (sulfide) groups is 1. The molecule has 3 saturated carbocycles. The molecule has 5 aliphatic rings. The summed E-state index contributed by atoms with van der Waals surface area (Å²) in [5.41, 5.74) is -0.405. The zero-order valence-electron chi connectivity index (χ0n) is 20.4. The van der Waals surface area contributed by atoms with E-state index >= 15 is 0 Å². The van der Waals surface area contributed by atoms with Crippen molar-refractivity contribution in [3.05, 3.63) is 40.3 Å². The molecule has 7 rings (SSSR count). The number of hydrogen-bond acceptors (Lipinski definition) is 5. The number of aryl methyl sites for hydroxylation is 1. The Hall–Kier alpha value is -2.49. The predicted octanol–water partition coefficient (Wildman–Crippen LogP) is 4.57. The number of aromatic nitrogens is 2. The summed E-state index contributed by atoms with van der Waals surface area (Å²) < 4.78 is 45.4. The molecule has 36 heavy (non-hydrogen) atoms. The van der Waals surface area contributed by atoms with Gasteiger partial charge in [-0.25, -0.2) is 4.79 Å². The Morgan fingerprint density at radius 2 is 1.89 bits per heavy atom. The van der Waals surface area contributed by atoms with Crippen LogP contribution in [0.15, 0.2) is 28.4 Å². The van der Waals surface area contributed by atoms with Gasteiger partial charge in [-0.05, 0) is 74.3 Å². The average Bonchev–Trinajstić information content (AvgIpc) is 2.97. The van der Waals surface area contributed by atoms with Crippen molar-refractivity contribution in [1.29, 1.82) is 0 Å². The maximum atomic E-state index is 14.6. The molecule has 1 amide bonds. The van der Waals surface area contributed by atoms with Crippen molar-refractivity contribution in [2.24, 2.45) is 5.92 Å². The average molecular weight is 519 g/mol. The van der Waals surface area contributed by atoms with Crippen LogP contribution >= 0.6 is 11.8 Å². The lowest BCUT2D eigenvalue weighted by molar-refractivity contribution is -0.142. The molecular weight excluding hydrogens is 489 g/mol. The first-order chi connectivity index (χ1) is 17.0. The summed E-state index contributed by atoms with van der Waals surface area (Å²) in [4.78, 5) is 34.3. The van der Waals surface area contributed by atoms with E-state index in [2.05, 4.69) is 11.6 Å². The molecular formula is C26H29F3N4O2S. The minimum Gasteiger partial charge on any atom is -0.352 e. The van der Waals surface area contributed by atoms with Gasteiger partial charge in [0.2, 0.25) is 5.91 Å². The summed E-state index contributed by atoms with van der Waals surface area (Å²) in [6.07, 6.45) is -0.139. The number of benzene rings is 1.